The van der Waals surface area contributed by atoms with Crippen LogP contribution < -0.4 is 0 Å². The molecular formula is C14H24O. The van der Waals surface area contributed by atoms with E-state index >= 15 is 0 Å². The molecule has 0 aromatic heterocycles. The molecular weight excluding hydrogens is 184 g/mol. The molecule has 0 saturated heterocycles. The third-order valence-corrected chi connectivity index (χ3v) is 3.81. The fourth-order valence-electron chi connectivity index (χ4n) is 2.88. The highest BCUT2D eigenvalue weighted by molar-refractivity contribution is 5.25. The highest BCUT2D eigenvalue weighted by Crippen LogP contribution is 2.57. The van der Waals surface area contributed by atoms with Gasteiger partial charge in [-0.2, -0.15) is 0 Å². The van der Waals surface area contributed by atoms with Crippen molar-refractivity contribution >= 4 is 0 Å². The first kappa shape index (κ1) is 12.4. The molecule has 0 aromatic rings. The minimum atomic E-state index is 0.0266. The molecule has 0 aliphatic heterocycles. The van der Waals surface area contributed by atoms with Gasteiger partial charge in [0.2, 0.25) is 0 Å². The van der Waals surface area contributed by atoms with Crippen molar-refractivity contribution in [2.75, 3.05) is 0 Å². The molecule has 15 heavy (non-hydrogen) atoms. The van der Waals surface area contributed by atoms with Gasteiger partial charge in [0.15, 0.2) is 0 Å². The lowest BCUT2D eigenvalue weighted by Crippen LogP contribution is -2.45. The summed E-state index contributed by atoms with van der Waals surface area (Å²) in [5.41, 5.74) is 0.312. The van der Waals surface area contributed by atoms with Crippen LogP contribution in [0.1, 0.15) is 48.0 Å². The Bertz CT molecular complexity index is 280. The van der Waals surface area contributed by atoms with Crippen LogP contribution in [0.4, 0.5) is 0 Å². The van der Waals surface area contributed by atoms with E-state index in [4.69, 9.17) is 0 Å². The van der Waals surface area contributed by atoms with Gasteiger partial charge in [-0.3, -0.25) is 0 Å². The molecule has 0 bridgehead atoms. The molecule has 1 N–H and O–H groups in total. The summed E-state index contributed by atoms with van der Waals surface area (Å²) in [5.74, 6) is 0.502. The molecule has 1 nitrogen and oxygen atoms in total. The molecule has 86 valence electrons. The topological polar surface area (TPSA) is 20.2 Å². The average molecular weight is 208 g/mol. The zero-order valence-electron chi connectivity index (χ0n) is 10.9. The summed E-state index contributed by atoms with van der Waals surface area (Å²) in [6.45, 7) is 13.5. The zero-order chi connectivity index (χ0) is 11.9. The maximum atomic E-state index is 9.78. The fraction of sp³-hybridized carbons (Fsp3) is 0.714. The van der Waals surface area contributed by atoms with Crippen LogP contribution >= 0.6 is 0 Å². The average Bonchev–Trinajstić information content (AvgIpc) is 1.99. The Labute approximate surface area is 93.9 Å². The third-order valence-electron chi connectivity index (χ3n) is 3.81. The van der Waals surface area contributed by atoms with Crippen molar-refractivity contribution in [3.05, 3.63) is 24.0 Å². The molecule has 0 amide bonds. The summed E-state index contributed by atoms with van der Waals surface area (Å²) in [7, 11) is 0. The molecule has 0 atom stereocenters. The molecule has 1 aliphatic carbocycles. The van der Waals surface area contributed by atoms with Crippen LogP contribution in [0.15, 0.2) is 24.0 Å². The van der Waals surface area contributed by atoms with Crippen LogP contribution in [-0.2, 0) is 0 Å². The van der Waals surface area contributed by atoms with E-state index in [1.807, 2.05) is 6.08 Å². The second-order valence-electron chi connectivity index (χ2n) is 6.67. The Kier molecular flexibility index (Phi) is 2.80. The molecule has 0 spiro atoms. The van der Waals surface area contributed by atoms with E-state index in [0.717, 1.165) is 6.42 Å². The van der Waals surface area contributed by atoms with Crippen molar-refractivity contribution in [3.63, 3.8) is 0 Å². The minimum Gasteiger partial charge on any atom is -0.512 e. The number of rotatable bonds is 0. The van der Waals surface area contributed by atoms with E-state index in [1.165, 1.54) is 0 Å². The van der Waals surface area contributed by atoms with Gasteiger partial charge in [0.25, 0.3) is 0 Å². The molecule has 0 aromatic carbocycles. The highest BCUT2D eigenvalue weighted by atomic mass is 16.3. The van der Waals surface area contributed by atoms with Gasteiger partial charge in [0, 0.05) is 11.8 Å². The van der Waals surface area contributed by atoms with E-state index in [9.17, 15) is 5.11 Å². The van der Waals surface area contributed by atoms with Crippen molar-refractivity contribution in [2.24, 2.45) is 16.2 Å². The summed E-state index contributed by atoms with van der Waals surface area (Å²) < 4.78 is 0. The number of hydrogen-bond acceptors (Lipinski definition) is 1. The Morgan fingerprint density at radius 2 is 1.53 bits per heavy atom. The molecule has 1 heteroatoms. The minimum absolute atomic E-state index is 0.0266. The van der Waals surface area contributed by atoms with Gasteiger partial charge in [-0.05, 0) is 16.9 Å². The first-order valence-corrected chi connectivity index (χ1v) is 5.67. The van der Waals surface area contributed by atoms with E-state index in [-0.39, 0.29) is 16.2 Å². The standard InChI is InChI=1S/C14H24O/c1-12(2,3)14(13(4,5)6)9-7-8-11(15)10-14/h7-9,15H,10H2,1-6H3. The van der Waals surface area contributed by atoms with E-state index in [2.05, 4.69) is 47.6 Å². The normalized spacial score (nSPS) is 21.3. The van der Waals surface area contributed by atoms with Crippen LogP contribution in [0.25, 0.3) is 0 Å². The second kappa shape index (κ2) is 3.40. The van der Waals surface area contributed by atoms with Crippen molar-refractivity contribution in [3.8, 4) is 0 Å². The molecule has 0 saturated carbocycles. The van der Waals surface area contributed by atoms with Crippen LogP contribution in [0.3, 0.4) is 0 Å². The molecule has 0 radical (unpaired) electrons. The Morgan fingerprint density at radius 1 is 1.07 bits per heavy atom. The van der Waals surface area contributed by atoms with Crippen LogP contribution in [-0.4, -0.2) is 5.11 Å². The van der Waals surface area contributed by atoms with Crippen molar-refractivity contribution in [1.29, 1.82) is 0 Å². The van der Waals surface area contributed by atoms with E-state index in [1.54, 1.807) is 6.08 Å². The van der Waals surface area contributed by atoms with Crippen molar-refractivity contribution < 1.29 is 5.11 Å². The number of aliphatic hydroxyl groups excluding tert-OH is 1. The highest BCUT2D eigenvalue weighted by Gasteiger charge is 2.49. The molecule has 0 heterocycles. The SMILES string of the molecule is CC(C)(C)C1(C(C)(C)C)C=CC=C(O)C1. The van der Waals surface area contributed by atoms with Crippen LogP contribution in [0.5, 0.6) is 0 Å². The summed E-state index contributed by atoms with van der Waals surface area (Å²) in [6, 6.07) is 0. The summed E-state index contributed by atoms with van der Waals surface area (Å²) in [4.78, 5) is 0. The monoisotopic (exact) mass is 208 g/mol. The zero-order valence-corrected chi connectivity index (χ0v) is 10.9. The number of aliphatic hydroxyl groups is 1. The van der Waals surface area contributed by atoms with E-state index < -0.39 is 0 Å². The first-order valence-electron chi connectivity index (χ1n) is 5.67. The first-order chi connectivity index (χ1) is 6.60. The maximum absolute atomic E-state index is 9.78. The van der Waals surface area contributed by atoms with Crippen molar-refractivity contribution in [2.45, 2.75) is 48.0 Å². The Hall–Kier alpha value is -0.720. The van der Waals surface area contributed by atoms with Gasteiger partial charge in [-0.1, -0.05) is 53.7 Å². The van der Waals surface area contributed by atoms with Crippen molar-refractivity contribution in [1.82, 2.24) is 0 Å². The van der Waals surface area contributed by atoms with Crippen LogP contribution in [0.2, 0.25) is 0 Å². The molecule has 0 unspecified atom stereocenters. The lowest BCUT2D eigenvalue weighted by Gasteiger charge is -2.53. The third kappa shape index (κ3) is 1.97. The molecule has 0 fully saturated rings. The summed E-state index contributed by atoms with van der Waals surface area (Å²) >= 11 is 0. The van der Waals surface area contributed by atoms with Gasteiger partial charge < -0.3 is 5.11 Å². The van der Waals surface area contributed by atoms with E-state index in [0.29, 0.717) is 5.76 Å². The Morgan fingerprint density at radius 3 is 1.80 bits per heavy atom. The largest absolute Gasteiger partial charge is 0.512 e. The van der Waals surface area contributed by atoms with Gasteiger partial charge in [0.05, 0.1) is 5.76 Å². The fourth-order valence-corrected chi connectivity index (χ4v) is 2.88. The predicted octanol–water partition coefficient (Wildman–Crippen LogP) is 4.47. The Balaban J connectivity index is 3.23. The predicted molar refractivity (Wildman–Crippen MR) is 65.8 cm³/mol. The maximum Gasteiger partial charge on any atom is 0.0931 e. The molecule has 1 rings (SSSR count). The lowest BCUT2D eigenvalue weighted by atomic mass is 9.51. The summed E-state index contributed by atoms with van der Waals surface area (Å²) in [5, 5.41) is 9.78. The smallest absolute Gasteiger partial charge is 0.0931 e. The number of hydrogen-bond donors (Lipinski definition) is 1. The van der Waals surface area contributed by atoms with Gasteiger partial charge >= 0.3 is 0 Å². The van der Waals surface area contributed by atoms with Gasteiger partial charge in [0.1, 0.15) is 0 Å². The summed E-state index contributed by atoms with van der Waals surface area (Å²) in [6.07, 6.45) is 6.81. The van der Waals surface area contributed by atoms with Gasteiger partial charge in [-0.15, -0.1) is 0 Å². The molecule has 1 aliphatic rings. The van der Waals surface area contributed by atoms with Gasteiger partial charge in [-0.25, -0.2) is 0 Å². The van der Waals surface area contributed by atoms with Crippen LogP contribution in [0, 0.1) is 16.2 Å². The lowest BCUT2D eigenvalue weighted by molar-refractivity contribution is 0.00673. The second-order valence-corrected chi connectivity index (χ2v) is 6.67. The number of allylic oxidation sites excluding steroid dienone is 4. The quantitative estimate of drug-likeness (QED) is 0.623.